The lowest BCUT2D eigenvalue weighted by Crippen LogP contribution is -2.18. The molecule has 13 heavy (non-hydrogen) atoms. The molecule has 0 amide bonds. The molecule has 0 aromatic heterocycles. The van der Waals surface area contributed by atoms with Crippen molar-refractivity contribution in [3.63, 3.8) is 0 Å². The molecule has 0 fully saturated rings. The van der Waals surface area contributed by atoms with Crippen molar-refractivity contribution < 1.29 is 0 Å². The second-order valence-corrected chi connectivity index (χ2v) is 3.34. The number of thiol groups is 1. The monoisotopic (exact) mass is 217 g/mol. The number of hydrogen-bond acceptors (Lipinski definition) is 2. The summed E-state index contributed by atoms with van der Waals surface area (Å²) < 4.78 is 0. The third kappa shape index (κ3) is 4.55. The molecule has 1 unspecified atom stereocenters. The van der Waals surface area contributed by atoms with Crippen molar-refractivity contribution in [1.29, 1.82) is 0 Å². The van der Waals surface area contributed by atoms with Crippen molar-refractivity contribution in [2.75, 3.05) is 12.3 Å². The molecule has 0 radical (unpaired) electrons. The van der Waals surface area contributed by atoms with Crippen molar-refractivity contribution in [3.8, 4) is 0 Å². The van der Waals surface area contributed by atoms with E-state index in [-0.39, 0.29) is 12.4 Å². The van der Waals surface area contributed by atoms with E-state index < -0.39 is 0 Å². The number of nitrogens with two attached hydrogens (primary N) is 1. The zero-order chi connectivity index (χ0) is 8.81. The molecule has 0 aliphatic heterocycles. The first kappa shape index (κ1) is 12.8. The predicted octanol–water partition coefficient (Wildman–Crippen LogP) is 2.16. The summed E-state index contributed by atoms with van der Waals surface area (Å²) in [5.41, 5.74) is 6.93. The van der Waals surface area contributed by atoms with Crippen LogP contribution in [0.3, 0.4) is 0 Å². The molecule has 0 aliphatic carbocycles. The van der Waals surface area contributed by atoms with E-state index in [1.54, 1.807) is 0 Å². The summed E-state index contributed by atoms with van der Waals surface area (Å²) in [6.07, 6.45) is 1.04. The van der Waals surface area contributed by atoms with Gasteiger partial charge in [-0.05, 0) is 30.2 Å². The van der Waals surface area contributed by atoms with Gasteiger partial charge in [0.1, 0.15) is 0 Å². The van der Waals surface area contributed by atoms with Crippen LogP contribution in [0.15, 0.2) is 30.3 Å². The first-order chi connectivity index (χ1) is 5.86. The Morgan fingerprint density at radius 3 is 2.31 bits per heavy atom. The summed E-state index contributed by atoms with van der Waals surface area (Å²) in [7, 11) is 0. The van der Waals surface area contributed by atoms with Crippen LogP contribution >= 0.6 is 25.0 Å². The Labute approximate surface area is 91.5 Å². The van der Waals surface area contributed by atoms with Crippen molar-refractivity contribution >= 4 is 25.0 Å². The van der Waals surface area contributed by atoms with Crippen molar-refractivity contribution in [3.05, 3.63) is 35.9 Å². The second-order valence-electron chi connectivity index (χ2n) is 2.97. The van der Waals surface area contributed by atoms with E-state index in [0.717, 1.165) is 18.7 Å². The van der Waals surface area contributed by atoms with Gasteiger partial charge in [-0.1, -0.05) is 30.3 Å². The number of benzene rings is 1. The zero-order valence-electron chi connectivity index (χ0n) is 7.52. The van der Waals surface area contributed by atoms with E-state index in [9.17, 15) is 0 Å². The molecule has 0 spiro atoms. The van der Waals surface area contributed by atoms with Crippen molar-refractivity contribution in [1.82, 2.24) is 0 Å². The third-order valence-electron chi connectivity index (χ3n) is 1.96. The summed E-state index contributed by atoms with van der Waals surface area (Å²) in [5, 5.41) is 0. The van der Waals surface area contributed by atoms with Crippen LogP contribution in [-0.2, 0) is 6.42 Å². The molecular formula is C10H16ClNS. The van der Waals surface area contributed by atoms with Crippen LogP contribution in [-0.4, -0.2) is 12.3 Å². The number of hydrogen-bond donors (Lipinski definition) is 2. The summed E-state index contributed by atoms with van der Waals surface area (Å²) in [5.74, 6) is 1.38. The van der Waals surface area contributed by atoms with Crippen LogP contribution < -0.4 is 5.73 Å². The minimum absolute atomic E-state index is 0. The van der Waals surface area contributed by atoms with Gasteiger partial charge in [-0.3, -0.25) is 0 Å². The van der Waals surface area contributed by atoms with Crippen molar-refractivity contribution in [2.45, 2.75) is 6.42 Å². The summed E-state index contributed by atoms with van der Waals surface area (Å²) in [6, 6.07) is 10.4. The van der Waals surface area contributed by atoms with E-state index in [4.69, 9.17) is 5.73 Å². The Hall–Kier alpha value is -0.180. The highest BCUT2D eigenvalue weighted by Gasteiger charge is 2.04. The third-order valence-corrected chi connectivity index (χ3v) is 2.48. The highest BCUT2D eigenvalue weighted by atomic mass is 35.5. The highest BCUT2D eigenvalue weighted by molar-refractivity contribution is 7.80. The number of rotatable bonds is 4. The largest absolute Gasteiger partial charge is 0.330 e. The summed E-state index contributed by atoms with van der Waals surface area (Å²) in [4.78, 5) is 0. The molecule has 1 aromatic rings. The molecule has 0 saturated carbocycles. The van der Waals surface area contributed by atoms with Crippen LogP contribution in [0.1, 0.15) is 5.56 Å². The molecule has 0 saturated heterocycles. The molecule has 1 nitrogen and oxygen atoms in total. The zero-order valence-corrected chi connectivity index (χ0v) is 9.23. The molecule has 1 rings (SSSR count). The molecule has 1 aromatic carbocycles. The van der Waals surface area contributed by atoms with Crippen molar-refractivity contribution in [2.24, 2.45) is 11.7 Å². The fourth-order valence-corrected chi connectivity index (χ4v) is 1.45. The van der Waals surface area contributed by atoms with Gasteiger partial charge >= 0.3 is 0 Å². The average Bonchev–Trinajstić information content (AvgIpc) is 2.16. The fraction of sp³-hybridized carbons (Fsp3) is 0.400. The lowest BCUT2D eigenvalue weighted by Gasteiger charge is -2.10. The predicted molar refractivity (Wildman–Crippen MR) is 63.8 cm³/mol. The summed E-state index contributed by atoms with van der Waals surface area (Å²) in [6.45, 7) is 0.721. The van der Waals surface area contributed by atoms with E-state index in [0.29, 0.717) is 5.92 Å². The second kappa shape index (κ2) is 7.25. The highest BCUT2D eigenvalue weighted by Crippen LogP contribution is 2.08. The lowest BCUT2D eigenvalue weighted by molar-refractivity contribution is 0.605. The normalized spacial score (nSPS) is 11.8. The standard InChI is InChI=1S/C10H15NS.ClH/c11-7-10(8-12)6-9-4-2-1-3-5-9;/h1-5,10,12H,6-8,11H2;1H. The fourth-order valence-electron chi connectivity index (χ4n) is 1.17. The van der Waals surface area contributed by atoms with Gasteiger partial charge in [0.05, 0.1) is 0 Å². The molecule has 74 valence electrons. The first-order valence-electron chi connectivity index (χ1n) is 4.21. The minimum Gasteiger partial charge on any atom is -0.330 e. The Balaban J connectivity index is 0.00000144. The van der Waals surface area contributed by atoms with Crippen LogP contribution in [0.2, 0.25) is 0 Å². The molecule has 0 bridgehead atoms. The van der Waals surface area contributed by atoms with Crippen LogP contribution in [0.4, 0.5) is 0 Å². The van der Waals surface area contributed by atoms with E-state index in [1.807, 2.05) is 6.07 Å². The van der Waals surface area contributed by atoms with Gasteiger partial charge < -0.3 is 5.73 Å². The van der Waals surface area contributed by atoms with Crippen LogP contribution in [0.25, 0.3) is 0 Å². The van der Waals surface area contributed by atoms with Crippen LogP contribution in [0.5, 0.6) is 0 Å². The average molecular weight is 218 g/mol. The summed E-state index contributed by atoms with van der Waals surface area (Å²) >= 11 is 4.25. The molecule has 1 atom stereocenters. The smallest absolute Gasteiger partial charge is 0.00379 e. The van der Waals surface area contributed by atoms with Gasteiger partial charge in [-0.25, -0.2) is 0 Å². The number of halogens is 1. The van der Waals surface area contributed by atoms with Crippen LogP contribution in [0, 0.1) is 5.92 Å². The van der Waals surface area contributed by atoms with Gasteiger partial charge in [-0.15, -0.1) is 12.4 Å². The van der Waals surface area contributed by atoms with E-state index in [2.05, 4.69) is 36.9 Å². The van der Waals surface area contributed by atoms with Gasteiger partial charge in [0.25, 0.3) is 0 Å². The maximum Gasteiger partial charge on any atom is -0.00379 e. The van der Waals surface area contributed by atoms with E-state index in [1.165, 1.54) is 5.56 Å². The minimum atomic E-state index is 0. The Kier molecular flexibility index (Phi) is 7.14. The molecule has 2 N–H and O–H groups in total. The lowest BCUT2D eigenvalue weighted by atomic mass is 10.0. The maximum absolute atomic E-state index is 5.58. The van der Waals surface area contributed by atoms with Gasteiger partial charge in [0.2, 0.25) is 0 Å². The Morgan fingerprint density at radius 2 is 1.85 bits per heavy atom. The topological polar surface area (TPSA) is 26.0 Å². The Morgan fingerprint density at radius 1 is 1.23 bits per heavy atom. The first-order valence-corrected chi connectivity index (χ1v) is 4.85. The van der Waals surface area contributed by atoms with Gasteiger partial charge in [-0.2, -0.15) is 12.6 Å². The van der Waals surface area contributed by atoms with Gasteiger partial charge in [0.15, 0.2) is 0 Å². The molecule has 0 aliphatic rings. The Bertz CT molecular complexity index is 211. The quantitative estimate of drug-likeness (QED) is 0.743. The molecule has 0 heterocycles. The molecular weight excluding hydrogens is 202 g/mol. The van der Waals surface area contributed by atoms with Gasteiger partial charge in [0, 0.05) is 0 Å². The molecule has 3 heteroatoms. The maximum atomic E-state index is 5.58. The SMILES string of the molecule is Cl.NCC(CS)Cc1ccccc1. The van der Waals surface area contributed by atoms with E-state index >= 15 is 0 Å².